The molecule has 0 aromatic heterocycles. The van der Waals surface area contributed by atoms with Gasteiger partial charge in [-0.25, -0.2) is 4.79 Å². The van der Waals surface area contributed by atoms with Gasteiger partial charge >= 0.3 is 5.97 Å². The molecule has 0 saturated carbocycles. The van der Waals surface area contributed by atoms with Crippen LogP contribution in [0.3, 0.4) is 0 Å². The van der Waals surface area contributed by atoms with E-state index in [4.69, 9.17) is 5.11 Å². The van der Waals surface area contributed by atoms with Crippen molar-refractivity contribution in [2.75, 3.05) is 0 Å². The van der Waals surface area contributed by atoms with Gasteiger partial charge in [0.2, 0.25) is 0 Å². The second kappa shape index (κ2) is 5.48. The molecule has 1 rings (SSSR count). The number of allylic oxidation sites excluding steroid dienone is 3. The lowest BCUT2D eigenvalue weighted by molar-refractivity contribution is -0.131. The maximum Gasteiger partial charge on any atom is 0.328 e. The first-order valence-electron chi connectivity index (χ1n) is 5.58. The van der Waals surface area contributed by atoms with Crippen LogP contribution in [0.25, 0.3) is 5.57 Å². The number of aryl methyl sites for hydroxylation is 3. The van der Waals surface area contributed by atoms with Crippen molar-refractivity contribution in [1.82, 2.24) is 0 Å². The van der Waals surface area contributed by atoms with E-state index < -0.39 is 5.97 Å². The molecule has 17 heavy (non-hydrogen) atoms. The normalized spacial score (nSPS) is 12.1. The van der Waals surface area contributed by atoms with Crippen LogP contribution in [0.1, 0.15) is 29.2 Å². The van der Waals surface area contributed by atoms with Gasteiger partial charge in [0.15, 0.2) is 0 Å². The van der Waals surface area contributed by atoms with Crippen LogP contribution in [0.5, 0.6) is 0 Å². The van der Waals surface area contributed by atoms with Crippen molar-refractivity contribution in [1.29, 1.82) is 0 Å². The van der Waals surface area contributed by atoms with E-state index in [9.17, 15) is 4.79 Å². The molecule has 0 amide bonds. The Hall–Kier alpha value is -1.83. The molecule has 0 aliphatic heterocycles. The Labute approximate surface area is 102 Å². The standard InChI is InChI=1S/C15H18O2/c1-10(6-5-7-15(16)17)14-9-12(3)11(2)8-13(14)4/h5-9H,1-4H3,(H,16,17)/b7-5+,10-6+. The van der Waals surface area contributed by atoms with Crippen LogP contribution >= 0.6 is 0 Å². The molecule has 1 aromatic carbocycles. The van der Waals surface area contributed by atoms with Gasteiger partial charge in [0, 0.05) is 6.08 Å². The average molecular weight is 230 g/mol. The van der Waals surface area contributed by atoms with Crippen molar-refractivity contribution in [2.45, 2.75) is 27.7 Å². The zero-order valence-electron chi connectivity index (χ0n) is 10.7. The SMILES string of the molecule is C/C(=C\C=C\C(=O)O)c1cc(C)c(C)cc1C. The van der Waals surface area contributed by atoms with Crippen LogP contribution in [0.2, 0.25) is 0 Å². The highest BCUT2D eigenvalue weighted by Gasteiger charge is 2.02. The summed E-state index contributed by atoms with van der Waals surface area (Å²) >= 11 is 0. The third-order valence-corrected chi connectivity index (χ3v) is 2.85. The third-order valence-electron chi connectivity index (χ3n) is 2.85. The first kappa shape index (κ1) is 13.2. The van der Waals surface area contributed by atoms with Gasteiger partial charge in [-0.2, -0.15) is 0 Å². The molecule has 0 radical (unpaired) electrons. The summed E-state index contributed by atoms with van der Waals surface area (Å²) < 4.78 is 0. The van der Waals surface area contributed by atoms with Crippen LogP contribution in [0.4, 0.5) is 0 Å². The highest BCUT2D eigenvalue weighted by molar-refractivity contribution is 5.81. The molecule has 0 atom stereocenters. The predicted molar refractivity (Wildman–Crippen MR) is 71.1 cm³/mol. The van der Waals surface area contributed by atoms with E-state index in [0.717, 1.165) is 11.6 Å². The lowest BCUT2D eigenvalue weighted by atomic mass is 9.96. The first-order valence-corrected chi connectivity index (χ1v) is 5.58. The number of hydrogen-bond donors (Lipinski definition) is 1. The van der Waals surface area contributed by atoms with Crippen LogP contribution in [0, 0.1) is 20.8 Å². The number of benzene rings is 1. The number of carboxylic acids is 1. The van der Waals surface area contributed by atoms with Gasteiger partial charge in [0.25, 0.3) is 0 Å². The first-order chi connectivity index (χ1) is 7.91. The van der Waals surface area contributed by atoms with E-state index in [-0.39, 0.29) is 0 Å². The maximum atomic E-state index is 10.4. The minimum atomic E-state index is -0.925. The molecule has 0 aliphatic rings. The zero-order chi connectivity index (χ0) is 13.0. The maximum absolute atomic E-state index is 10.4. The molecule has 2 heteroatoms. The molecule has 1 aromatic rings. The highest BCUT2D eigenvalue weighted by Crippen LogP contribution is 2.22. The average Bonchev–Trinajstić information content (AvgIpc) is 2.22. The molecule has 0 bridgehead atoms. The van der Waals surface area contributed by atoms with Crippen molar-refractivity contribution in [2.24, 2.45) is 0 Å². The predicted octanol–water partition coefficient (Wildman–Crippen LogP) is 3.66. The Morgan fingerprint density at radius 2 is 1.71 bits per heavy atom. The second-order valence-electron chi connectivity index (χ2n) is 4.30. The summed E-state index contributed by atoms with van der Waals surface area (Å²) in [5, 5.41) is 8.52. The van der Waals surface area contributed by atoms with Crippen molar-refractivity contribution in [3.05, 3.63) is 52.6 Å². The summed E-state index contributed by atoms with van der Waals surface area (Å²) in [5.74, 6) is -0.925. The lowest BCUT2D eigenvalue weighted by Crippen LogP contribution is -1.91. The van der Waals surface area contributed by atoms with Crippen LogP contribution in [0.15, 0.2) is 30.4 Å². The van der Waals surface area contributed by atoms with Crippen molar-refractivity contribution in [3.63, 3.8) is 0 Å². The molecule has 0 heterocycles. The topological polar surface area (TPSA) is 37.3 Å². The summed E-state index contributed by atoms with van der Waals surface area (Å²) in [6, 6.07) is 4.30. The van der Waals surface area contributed by atoms with E-state index in [1.165, 1.54) is 22.3 Å². The fourth-order valence-corrected chi connectivity index (χ4v) is 1.75. The van der Waals surface area contributed by atoms with E-state index in [2.05, 4.69) is 32.9 Å². The van der Waals surface area contributed by atoms with Crippen LogP contribution in [-0.4, -0.2) is 11.1 Å². The molecular weight excluding hydrogens is 212 g/mol. The number of carboxylic acid groups (broad SMARTS) is 1. The fourth-order valence-electron chi connectivity index (χ4n) is 1.75. The van der Waals surface area contributed by atoms with Crippen LogP contribution < -0.4 is 0 Å². The molecule has 0 spiro atoms. The molecule has 0 saturated heterocycles. The van der Waals surface area contributed by atoms with Gasteiger partial charge in [-0.1, -0.05) is 24.3 Å². The summed E-state index contributed by atoms with van der Waals surface area (Å²) in [5.41, 5.74) is 5.98. The van der Waals surface area contributed by atoms with Crippen molar-refractivity contribution in [3.8, 4) is 0 Å². The third kappa shape index (κ3) is 3.59. The van der Waals surface area contributed by atoms with E-state index in [0.29, 0.717) is 0 Å². The number of carbonyl (C=O) groups is 1. The Morgan fingerprint density at radius 1 is 1.12 bits per heavy atom. The molecule has 0 unspecified atom stereocenters. The van der Waals surface area contributed by atoms with Gasteiger partial charge in [-0.3, -0.25) is 0 Å². The summed E-state index contributed by atoms with van der Waals surface area (Å²) in [6.07, 6.45) is 4.53. The van der Waals surface area contributed by atoms with Gasteiger partial charge in [0.1, 0.15) is 0 Å². The van der Waals surface area contributed by atoms with Gasteiger partial charge in [0.05, 0.1) is 0 Å². The smallest absolute Gasteiger partial charge is 0.328 e. The molecule has 1 N–H and O–H groups in total. The van der Waals surface area contributed by atoms with Gasteiger partial charge in [-0.15, -0.1) is 0 Å². The molecule has 0 aliphatic carbocycles. The molecule has 0 fully saturated rings. The summed E-state index contributed by atoms with van der Waals surface area (Å²) in [7, 11) is 0. The molecule has 90 valence electrons. The summed E-state index contributed by atoms with van der Waals surface area (Å²) in [6.45, 7) is 8.23. The van der Waals surface area contributed by atoms with E-state index >= 15 is 0 Å². The van der Waals surface area contributed by atoms with Gasteiger partial charge in [-0.05, 0) is 55.5 Å². The van der Waals surface area contributed by atoms with E-state index in [1.54, 1.807) is 6.08 Å². The number of aliphatic carboxylic acids is 1. The fraction of sp³-hybridized carbons (Fsp3) is 0.267. The van der Waals surface area contributed by atoms with E-state index in [1.807, 2.05) is 13.0 Å². The van der Waals surface area contributed by atoms with Crippen molar-refractivity contribution >= 4 is 11.5 Å². The molecular formula is C15H18O2. The zero-order valence-corrected chi connectivity index (χ0v) is 10.7. The Kier molecular flexibility index (Phi) is 4.27. The number of hydrogen-bond acceptors (Lipinski definition) is 1. The Balaban J connectivity index is 3.08. The molecule has 2 nitrogen and oxygen atoms in total. The minimum Gasteiger partial charge on any atom is -0.478 e. The second-order valence-corrected chi connectivity index (χ2v) is 4.30. The quantitative estimate of drug-likeness (QED) is 0.635. The largest absolute Gasteiger partial charge is 0.478 e. The minimum absolute atomic E-state index is 0.925. The van der Waals surface area contributed by atoms with Crippen molar-refractivity contribution < 1.29 is 9.90 Å². The Morgan fingerprint density at radius 3 is 2.29 bits per heavy atom. The summed E-state index contributed by atoms with van der Waals surface area (Å²) in [4.78, 5) is 10.4. The highest BCUT2D eigenvalue weighted by atomic mass is 16.4. The monoisotopic (exact) mass is 230 g/mol. The van der Waals surface area contributed by atoms with Gasteiger partial charge < -0.3 is 5.11 Å². The lowest BCUT2D eigenvalue weighted by Gasteiger charge is -2.09. The number of rotatable bonds is 3. The Bertz CT molecular complexity index is 494. The van der Waals surface area contributed by atoms with Crippen LogP contribution in [-0.2, 0) is 4.79 Å².